The molecule has 1 unspecified atom stereocenters. The number of pyridine rings is 1. The molecule has 0 saturated carbocycles. The van der Waals surface area contributed by atoms with Crippen LogP contribution in [0.4, 0.5) is 15.9 Å². The van der Waals surface area contributed by atoms with E-state index in [0.29, 0.717) is 23.8 Å². The Morgan fingerprint density at radius 2 is 2.10 bits per heavy atom. The van der Waals surface area contributed by atoms with Crippen molar-refractivity contribution in [3.63, 3.8) is 0 Å². The van der Waals surface area contributed by atoms with Gasteiger partial charge in [0.2, 0.25) is 11.9 Å². The minimum Gasteiger partial charge on any atom is -0.358 e. The van der Waals surface area contributed by atoms with E-state index in [1.165, 1.54) is 6.07 Å². The van der Waals surface area contributed by atoms with Gasteiger partial charge in [-0.1, -0.05) is 23.7 Å². The third kappa shape index (κ3) is 2.97. The smallest absolute Gasteiger partial charge is 0.249 e. The molecule has 1 aliphatic rings. The molecule has 3 rings (SSSR count). The number of amides is 1. The molecule has 4 nitrogen and oxygen atoms in total. The third-order valence-electron chi connectivity index (χ3n) is 3.36. The average Bonchev–Trinajstić information content (AvgIpc) is 2.80. The molecule has 1 fully saturated rings. The van der Waals surface area contributed by atoms with Gasteiger partial charge in [-0.15, -0.1) is 0 Å². The number of hydrogen-bond donors (Lipinski definition) is 1. The molecule has 0 aliphatic carbocycles. The molecule has 2 aromatic rings. The molecule has 1 saturated heterocycles. The molecule has 1 amide bonds. The highest BCUT2D eigenvalue weighted by Crippen LogP contribution is 2.25. The fourth-order valence-electron chi connectivity index (χ4n) is 2.38. The van der Waals surface area contributed by atoms with E-state index in [-0.39, 0.29) is 5.91 Å². The first-order chi connectivity index (χ1) is 10.1. The maximum Gasteiger partial charge on any atom is 0.249 e. The largest absolute Gasteiger partial charge is 0.358 e. The maximum absolute atomic E-state index is 13.1. The van der Waals surface area contributed by atoms with Crippen molar-refractivity contribution in [1.29, 1.82) is 0 Å². The average molecular weight is 306 g/mol. The summed E-state index contributed by atoms with van der Waals surface area (Å²) in [6, 6.07) is 11.2. The standard InChI is InChI=1S/C15H13ClFN3O/c16-10-3-1-4-11(9-10)20-8-7-12(15(20)21)18-14-6-2-5-13(17)19-14/h1-6,9,12H,7-8H2,(H,18,19). The van der Waals surface area contributed by atoms with E-state index in [1.54, 1.807) is 35.2 Å². The van der Waals surface area contributed by atoms with Crippen molar-refractivity contribution < 1.29 is 9.18 Å². The summed E-state index contributed by atoms with van der Waals surface area (Å²) >= 11 is 5.95. The van der Waals surface area contributed by atoms with E-state index in [4.69, 9.17) is 11.6 Å². The fraction of sp³-hybridized carbons (Fsp3) is 0.200. The van der Waals surface area contributed by atoms with E-state index in [9.17, 15) is 9.18 Å². The summed E-state index contributed by atoms with van der Waals surface area (Å²) in [5, 5.41) is 3.56. The maximum atomic E-state index is 13.1. The molecule has 108 valence electrons. The zero-order chi connectivity index (χ0) is 14.8. The second-order valence-electron chi connectivity index (χ2n) is 4.80. The zero-order valence-electron chi connectivity index (χ0n) is 11.1. The highest BCUT2D eigenvalue weighted by molar-refractivity contribution is 6.31. The van der Waals surface area contributed by atoms with E-state index in [1.807, 2.05) is 6.07 Å². The van der Waals surface area contributed by atoms with Crippen molar-refractivity contribution in [2.24, 2.45) is 0 Å². The molecule has 0 spiro atoms. The van der Waals surface area contributed by atoms with Gasteiger partial charge in [-0.25, -0.2) is 4.98 Å². The lowest BCUT2D eigenvalue weighted by Crippen LogP contribution is -2.33. The highest BCUT2D eigenvalue weighted by Gasteiger charge is 2.32. The Balaban J connectivity index is 1.75. The van der Waals surface area contributed by atoms with Crippen LogP contribution in [0.2, 0.25) is 5.02 Å². The van der Waals surface area contributed by atoms with Gasteiger partial charge in [-0.05, 0) is 36.8 Å². The first-order valence-electron chi connectivity index (χ1n) is 6.59. The SMILES string of the molecule is O=C1C(Nc2cccc(F)n2)CCN1c1cccc(Cl)c1. The number of rotatable bonds is 3. The minimum absolute atomic E-state index is 0.0664. The first kappa shape index (κ1) is 13.8. The Kier molecular flexibility index (Phi) is 3.75. The van der Waals surface area contributed by atoms with Crippen molar-refractivity contribution in [2.45, 2.75) is 12.5 Å². The van der Waals surface area contributed by atoms with Gasteiger partial charge < -0.3 is 10.2 Å². The molecular formula is C15H13ClFN3O. The lowest BCUT2D eigenvalue weighted by molar-refractivity contribution is -0.117. The molecule has 0 bridgehead atoms. The van der Waals surface area contributed by atoms with Gasteiger partial charge >= 0.3 is 0 Å². The van der Waals surface area contributed by atoms with Crippen LogP contribution >= 0.6 is 11.6 Å². The summed E-state index contributed by atoms with van der Waals surface area (Å²) in [7, 11) is 0. The molecule has 21 heavy (non-hydrogen) atoms. The number of carbonyl (C=O) groups excluding carboxylic acids is 1. The summed E-state index contributed by atoms with van der Waals surface area (Å²) in [5.41, 5.74) is 0.768. The lowest BCUT2D eigenvalue weighted by Gasteiger charge is -2.17. The highest BCUT2D eigenvalue weighted by atomic mass is 35.5. The third-order valence-corrected chi connectivity index (χ3v) is 3.60. The molecule has 2 heterocycles. The van der Waals surface area contributed by atoms with E-state index in [0.717, 1.165) is 5.69 Å². The van der Waals surface area contributed by atoms with Gasteiger partial charge in [0.15, 0.2) is 0 Å². The number of aromatic nitrogens is 1. The fourth-order valence-corrected chi connectivity index (χ4v) is 2.57. The molecule has 1 atom stereocenters. The molecule has 1 aliphatic heterocycles. The van der Waals surface area contributed by atoms with Gasteiger partial charge in [0.1, 0.15) is 11.9 Å². The van der Waals surface area contributed by atoms with Crippen LogP contribution in [0, 0.1) is 5.95 Å². The van der Waals surface area contributed by atoms with E-state index >= 15 is 0 Å². The van der Waals surface area contributed by atoms with Crippen LogP contribution < -0.4 is 10.2 Å². The number of anilines is 2. The normalized spacial score (nSPS) is 18.1. The van der Waals surface area contributed by atoms with Crippen LogP contribution in [-0.4, -0.2) is 23.5 Å². The van der Waals surface area contributed by atoms with Crippen LogP contribution in [0.3, 0.4) is 0 Å². The number of halogens is 2. The molecular weight excluding hydrogens is 293 g/mol. The van der Waals surface area contributed by atoms with Crippen LogP contribution in [-0.2, 0) is 4.79 Å². The molecule has 6 heteroatoms. The van der Waals surface area contributed by atoms with Crippen LogP contribution in [0.5, 0.6) is 0 Å². The number of carbonyl (C=O) groups is 1. The Morgan fingerprint density at radius 1 is 1.29 bits per heavy atom. The van der Waals surface area contributed by atoms with E-state index < -0.39 is 12.0 Å². The van der Waals surface area contributed by atoms with Crippen molar-refractivity contribution in [2.75, 3.05) is 16.8 Å². The number of nitrogens with zero attached hydrogens (tertiary/aromatic N) is 2. The summed E-state index contributed by atoms with van der Waals surface area (Å²) in [4.78, 5) is 17.8. The molecule has 1 aromatic carbocycles. The summed E-state index contributed by atoms with van der Waals surface area (Å²) < 4.78 is 13.1. The van der Waals surface area contributed by atoms with Crippen LogP contribution in [0.1, 0.15) is 6.42 Å². The van der Waals surface area contributed by atoms with E-state index in [2.05, 4.69) is 10.3 Å². The number of nitrogens with one attached hydrogen (secondary N) is 1. The Morgan fingerprint density at radius 3 is 2.86 bits per heavy atom. The van der Waals surface area contributed by atoms with Gasteiger partial charge in [0, 0.05) is 17.3 Å². The summed E-state index contributed by atoms with van der Waals surface area (Å²) in [6.45, 7) is 0.589. The van der Waals surface area contributed by atoms with Crippen molar-refractivity contribution in [1.82, 2.24) is 4.98 Å². The second kappa shape index (κ2) is 5.69. The first-order valence-corrected chi connectivity index (χ1v) is 6.97. The number of hydrogen-bond acceptors (Lipinski definition) is 3. The van der Waals surface area contributed by atoms with Gasteiger partial charge in [0.05, 0.1) is 0 Å². The Bertz CT molecular complexity index is 679. The summed E-state index contributed by atoms with van der Waals surface area (Å²) in [6.07, 6.45) is 0.629. The monoisotopic (exact) mass is 305 g/mol. The minimum atomic E-state index is -0.572. The zero-order valence-corrected chi connectivity index (χ0v) is 11.8. The number of benzene rings is 1. The van der Waals surface area contributed by atoms with Gasteiger partial charge in [-0.2, -0.15) is 4.39 Å². The topological polar surface area (TPSA) is 45.2 Å². The van der Waals surface area contributed by atoms with Crippen LogP contribution in [0.25, 0.3) is 0 Å². The predicted octanol–water partition coefficient (Wildman–Crippen LogP) is 3.09. The van der Waals surface area contributed by atoms with Crippen molar-refractivity contribution >= 4 is 29.0 Å². The summed E-state index contributed by atoms with van der Waals surface area (Å²) in [5.74, 6) is -0.276. The van der Waals surface area contributed by atoms with Gasteiger partial charge in [-0.3, -0.25) is 4.79 Å². The molecule has 1 N–H and O–H groups in total. The lowest BCUT2D eigenvalue weighted by atomic mass is 10.2. The Labute approximate surface area is 126 Å². The molecule has 1 aromatic heterocycles. The second-order valence-corrected chi connectivity index (χ2v) is 5.24. The quantitative estimate of drug-likeness (QED) is 0.886. The van der Waals surface area contributed by atoms with Crippen LogP contribution in [0.15, 0.2) is 42.5 Å². The molecule has 0 radical (unpaired) electrons. The van der Waals surface area contributed by atoms with Gasteiger partial charge in [0.25, 0.3) is 0 Å². The van der Waals surface area contributed by atoms with Crippen molar-refractivity contribution in [3.05, 3.63) is 53.4 Å². The predicted molar refractivity (Wildman–Crippen MR) is 80.0 cm³/mol. The Hall–Kier alpha value is -2.14. The van der Waals surface area contributed by atoms with Crippen molar-refractivity contribution in [3.8, 4) is 0 Å².